The van der Waals surface area contributed by atoms with E-state index >= 15 is 0 Å². The molecule has 0 aliphatic rings. The van der Waals surface area contributed by atoms with Gasteiger partial charge in [0.2, 0.25) is 10.0 Å². The highest BCUT2D eigenvalue weighted by Gasteiger charge is 2.38. The van der Waals surface area contributed by atoms with Gasteiger partial charge in [-0.25, -0.2) is 18.2 Å². The zero-order chi connectivity index (χ0) is 18.2. The van der Waals surface area contributed by atoms with E-state index in [9.17, 15) is 21.6 Å². The summed E-state index contributed by atoms with van der Waals surface area (Å²) in [5.74, 6) is 0. The number of nitrogens with zero attached hydrogens (tertiary/aromatic N) is 4. The molecule has 2 heterocycles. The van der Waals surface area contributed by atoms with E-state index < -0.39 is 32.3 Å². The second-order valence-electron chi connectivity index (χ2n) is 4.95. The molecule has 2 N–H and O–H groups in total. The Kier molecular flexibility index (Phi) is 4.05. The molecule has 0 radical (unpaired) electrons. The SMILES string of the molecule is NS(=O)(=O)c1cc(-c2cnccn2)cc(C(F)(F)F)c1-n1cccn1. The van der Waals surface area contributed by atoms with Crippen LogP contribution in [-0.2, 0) is 16.2 Å². The summed E-state index contributed by atoms with van der Waals surface area (Å²) in [6.07, 6.45) is 1.41. The van der Waals surface area contributed by atoms with Gasteiger partial charge in [0.25, 0.3) is 0 Å². The van der Waals surface area contributed by atoms with Crippen LogP contribution in [0.25, 0.3) is 16.9 Å². The smallest absolute Gasteiger partial charge is 0.261 e. The second-order valence-corrected chi connectivity index (χ2v) is 6.48. The molecular weight excluding hydrogens is 359 g/mol. The van der Waals surface area contributed by atoms with E-state index in [1.165, 1.54) is 37.1 Å². The van der Waals surface area contributed by atoms with Crippen molar-refractivity contribution in [2.45, 2.75) is 11.1 Å². The van der Waals surface area contributed by atoms with Crippen LogP contribution < -0.4 is 5.14 Å². The van der Waals surface area contributed by atoms with E-state index in [2.05, 4.69) is 15.1 Å². The van der Waals surface area contributed by atoms with Crippen LogP contribution in [0.3, 0.4) is 0 Å². The minimum atomic E-state index is -4.85. The Morgan fingerprint density at radius 1 is 1.12 bits per heavy atom. The summed E-state index contributed by atoms with van der Waals surface area (Å²) in [7, 11) is -4.48. The molecule has 3 rings (SSSR count). The van der Waals surface area contributed by atoms with Crippen LogP contribution in [0.2, 0.25) is 0 Å². The van der Waals surface area contributed by atoms with E-state index in [0.717, 1.165) is 16.8 Å². The highest BCUT2D eigenvalue weighted by atomic mass is 32.2. The maximum absolute atomic E-state index is 13.6. The lowest BCUT2D eigenvalue weighted by molar-refractivity contribution is -0.137. The molecule has 0 fully saturated rings. The molecule has 0 unspecified atom stereocenters. The first-order chi connectivity index (χ1) is 11.7. The normalized spacial score (nSPS) is 12.3. The van der Waals surface area contributed by atoms with Crippen molar-refractivity contribution in [2.75, 3.05) is 0 Å². The van der Waals surface area contributed by atoms with Gasteiger partial charge in [0.05, 0.1) is 23.1 Å². The molecule has 7 nitrogen and oxygen atoms in total. The lowest BCUT2D eigenvalue weighted by Crippen LogP contribution is -2.20. The number of hydrogen-bond donors (Lipinski definition) is 1. The quantitative estimate of drug-likeness (QED) is 0.760. The number of sulfonamides is 1. The molecule has 0 saturated carbocycles. The number of rotatable bonds is 3. The van der Waals surface area contributed by atoms with Gasteiger partial charge in [-0.2, -0.15) is 18.3 Å². The van der Waals surface area contributed by atoms with Crippen molar-refractivity contribution in [3.63, 3.8) is 0 Å². The zero-order valence-electron chi connectivity index (χ0n) is 12.3. The highest BCUT2D eigenvalue weighted by molar-refractivity contribution is 7.89. The van der Waals surface area contributed by atoms with E-state index in [4.69, 9.17) is 5.14 Å². The van der Waals surface area contributed by atoms with Gasteiger partial charge in [0.1, 0.15) is 4.90 Å². The Morgan fingerprint density at radius 2 is 1.88 bits per heavy atom. The van der Waals surface area contributed by atoms with E-state index in [-0.39, 0.29) is 11.3 Å². The van der Waals surface area contributed by atoms with Crippen molar-refractivity contribution in [1.82, 2.24) is 19.7 Å². The van der Waals surface area contributed by atoms with Crippen LogP contribution in [0.5, 0.6) is 0 Å². The van der Waals surface area contributed by atoms with Gasteiger partial charge in [-0.05, 0) is 18.2 Å². The summed E-state index contributed by atoms with van der Waals surface area (Å²) < 4.78 is 65.5. The fraction of sp³-hybridized carbons (Fsp3) is 0.0714. The Balaban J connectivity index is 2.42. The molecule has 130 valence electrons. The molecule has 0 bridgehead atoms. The molecule has 2 aromatic heterocycles. The molecule has 1 aromatic carbocycles. The third-order valence-corrected chi connectivity index (χ3v) is 4.20. The number of nitrogens with two attached hydrogens (primary N) is 1. The molecule has 11 heteroatoms. The van der Waals surface area contributed by atoms with E-state index in [0.29, 0.717) is 0 Å². The fourth-order valence-electron chi connectivity index (χ4n) is 2.27. The molecule has 0 aliphatic carbocycles. The van der Waals surface area contributed by atoms with Crippen LogP contribution in [0.15, 0.2) is 54.1 Å². The minimum Gasteiger partial charge on any atom is -0.261 e. The summed E-state index contributed by atoms with van der Waals surface area (Å²) in [5, 5.41) is 8.86. The average Bonchev–Trinajstić information content (AvgIpc) is 3.07. The summed E-state index contributed by atoms with van der Waals surface area (Å²) in [6, 6.07) is 3.17. The molecule has 0 amide bonds. The van der Waals surface area contributed by atoms with E-state index in [1.807, 2.05) is 0 Å². The van der Waals surface area contributed by atoms with Crippen molar-refractivity contribution in [3.05, 3.63) is 54.7 Å². The van der Waals surface area contributed by atoms with Crippen molar-refractivity contribution in [1.29, 1.82) is 0 Å². The third kappa shape index (κ3) is 3.37. The maximum atomic E-state index is 13.6. The number of halogens is 3. The fourth-order valence-corrected chi connectivity index (χ4v) is 3.04. The van der Waals surface area contributed by atoms with Crippen molar-refractivity contribution >= 4 is 10.0 Å². The van der Waals surface area contributed by atoms with Crippen LogP contribution in [0.4, 0.5) is 13.2 Å². The molecule has 3 aromatic rings. The lowest BCUT2D eigenvalue weighted by atomic mass is 10.1. The Morgan fingerprint density at radius 3 is 2.40 bits per heavy atom. The monoisotopic (exact) mass is 369 g/mol. The van der Waals surface area contributed by atoms with Gasteiger partial charge < -0.3 is 0 Å². The number of primary sulfonamides is 1. The first-order valence-corrected chi connectivity index (χ1v) is 8.27. The summed E-state index contributed by atoms with van der Waals surface area (Å²) in [6.45, 7) is 0. The predicted molar refractivity (Wildman–Crippen MR) is 81.0 cm³/mol. The Labute approximate surface area is 140 Å². The van der Waals surface area contributed by atoms with Gasteiger partial charge in [-0.1, -0.05) is 0 Å². The van der Waals surface area contributed by atoms with Gasteiger partial charge in [-0.15, -0.1) is 0 Å². The van der Waals surface area contributed by atoms with Crippen molar-refractivity contribution < 1.29 is 21.6 Å². The molecular formula is C14H10F3N5O2S. The second kappa shape index (κ2) is 5.93. The van der Waals surface area contributed by atoms with Crippen molar-refractivity contribution in [3.8, 4) is 16.9 Å². The van der Waals surface area contributed by atoms with Crippen LogP contribution >= 0.6 is 0 Å². The topological polar surface area (TPSA) is 104 Å². The standard InChI is InChI=1S/C14H10F3N5O2S/c15-14(16,17)10-6-9(11-8-19-3-4-20-11)7-12(25(18,23)24)13(10)22-5-1-2-21-22/h1-8H,(H2,18,23,24). The lowest BCUT2D eigenvalue weighted by Gasteiger charge is -2.17. The maximum Gasteiger partial charge on any atom is 0.418 e. The molecule has 0 saturated heterocycles. The van der Waals surface area contributed by atoms with Gasteiger partial charge in [0, 0.05) is 30.4 Å². The average molecular weight is 369 g/mol. The van der Waals surface area contributed by atoms with Gasteiger partial charge >= 0.3 is 6.18 Å². The van der Waals surface area contributed by atoms with Crippen LogP contribution in [-0.4, -0.2) is 28.2 Å². The number of alkyl halides is 3. The molecule has 0 atom stereocenters. The van der Waals surface area contributed by atoms with Crippen molar-refractivity contribution in [2.24, 2.45) is 5.14 Å². The molecule has 0 spiro atoms. The number of aromatic nitrogens is 4. The number of hydrogen-bond acceptors (Lipinski definition) is 5. The minimum absolute atomic E-state index is 0.0740. The third-order valence-electron chi connectivity index (χ3n) is 3.28. The van der Waals surface area contributed by atoms with Gasteiger partial charge in [0.15, 0.2) is 0 Å². The van der Waals surface area contributed by atoms with Crippen LogP contribution in [0, 0.1) is 0 Å². The predicted octanol–water partition coefficient (Wildman–Crippen LogP) is 2.00. The zero-order valence-corrected chi connectivity index (χ0v) is 13.2. The largest absolute Gasteiger partial charge is 0.418 e. The summed E-state index contributed by atoms with van der Waals surface area (Å²) in [5.41, 5.74) is -1.89. The Hall–Kier alpha value is -2.79. The summed E-state index contributed by atoms with van der Waals surface area (Å²) >= 11 is 0. The molecule has 25 heavy (non-hydrogen) atoms. The number of benzene rings is 1. The summed E-state index contributed by atoms with van der Waals surface area (Å²) in [4.78, 5) is 6.96. The first kappa shape index (κ1) is 17.0. The Bertz CT molecular complexity index is 1000. The first-order valence-electron chi connectivity index (χ1n) is 6.72. The van der Waals surface area contributed by atoms with Gasteiger partial charge in [-0.3, -0.25) is 9.97 Å². The van der Waals surface area contributed by atoms with Crippen LogP contribution in [0.1, 0.15) is 5.56 Å². The van der Waals surface area contributed by atoms with E-state index in [1.54, 1.807) is 0 Å². The molecule has 0 aliphatic heterocycles. The highest BCUT2D eigenvalue weighted by Crippen LogP contribution is 2.39.